The molecule has 4 aromatic heterocycles. The van der Waals surface area contributed by atoms with E-state index in [9.17, 15) is 10.0 Å². The summed E-state index contributed by atoms with van der Waals surface area (Å²) in [6.45, 7) is 0. The van der Waals surface area contributed by atoms with E-state index >= 15 is 0 Å². The van der Waals surface area contributed by atoms with Crippen LogP contribution in [0.25, 0.3) is 187 Å². The minimum atomic E-state index is -1.50. The summed E-state index contributed by atoms with van der Waals surface area (Å²) in [6.07, 6.45) is 7.34. The van der Waals surface area contributed by atoms with Gasteiger partial charge in [0, 0.05) is 62.6 Å². The first-order valence-electron chi connectivity index (χ1n) is 35.9. The summed E-state index contributed by atoms with van der Waals surface area (Å²) in [5.74, 6) is 1.42. The molecule has 0 aliphatic rings. The molecule has 10 heteroatoms. The summed E-state index contributed by atoms with van der Waals surface area (Å²) < 4.78 is 1.04. The summed E-state index contributed by atoms with van der Waals surface area (Å²) in [7, 11) is -1.50. The van der Waals surface area contributed by atoms with E-state index in [1.807, 2.05) is 122 Å². The molecule has 16 aromatic carbocycles. The maximum atomic E-state index is 9.92. The molecule has 8 nitrogen and oxygen atoms in total. The van der Waals surface area contributed by atoms with Crippen molar-refractivity contribution in [1.29, 1.82) is 0 Å². The Morgan fingerprint density at radius 2 is 0.509 bits per heavy atom. The van der Waals surface area contributed by atoms with E-state index in [1.54, 1.807) is 12.4 Å². The van der Waals surface area contributed by atoms with Crippen LogP contribution >= 0.6 is 15.9 Å². The zero-order valence-corrected chi connectivity index (χ0v) is 59.9. The SMILES string of the molecule is Brc1ccc(-c2cc(-c3ccc(-c4cccnc4)cc3)nc(-c3ccccc3)n2)cc1.OB(O)c1cc2c3ccccc3c3ccccc3c2c2ccccc12.c1ccc(-c2nc(-c3ccc(-c4cccnc4)cc3)cc(-c3ccc(-c4cc5c6ccccc6c6ccccc6c5c5ccccc45)cc3)n2)cc1. The molecule has 0 atom stereocenters. The molecular formula is C98H64BBrN6O2. The molecule has 20 rings (SSSR count). The van der Waals surface area contributed by atoms with E-state index in [-0.39, 0.29) is 0 Å². The Kier molecular flexibility index (Phi) is 18.0. The van der Waals surface area contributed by atoms with Gasteiger partial charge >= 0.3 is 7.12 Å². The number of pyridine rings is 2. The van der Waals surface area contributed by atoms with Crippen molar-refractivity contribution in [3.05, 3.63) is 381 Å². The van der Waals surface area contributed by atoms with Crippen LogP contribution in [0.4, 0.5) is 0 Å². The summed E-state index contributed by atoms with van der Waals surface area (Å²) in [5.41, 5.74) is 17.1. The van der Waals surface area contributed by atoms with Crippen molar-refractivity contribution in [2.75, 3.05) is 0 Å². The Hall–Kier alpha value is -13.5. The second-order valence-electron chi connectivity index (χ2n) is 26.8. The lowest BCUT2D eigenvalue weighted by molar-refractivity contribution is 0.426. The predicted octanol–water partition coefficient (Wildman–Crippen LogP) is 24.1. The Morgan fingerprint density at radius 3 is 0.889 bits per heavy atom. The molecule has 4 heterocycles. The van der Waals surface area contributed by atoms with Crippen molar-refractivity contribution < 1.29 is 10.0 Å². The number of halogens is 1. The number of benzene rings is 16. The summed E-state index contributed by atoms with van der Waals surface area (Å²) >= 11 is 3.51. The molecule has 2 N–H and O–H groups in total. The van der Waals surface area contributed by atoms with E-state index in [1.165, 1.54) is 70.4 Å². The molecule has 0 saturated carbocycles. The molecule has 508 valence electrons. The third-order valence-corrected chi connectivity index (χ3v) is 20.8. The number of nitrogens with zero attached hydrogens (tertiary/aromatic N) is 6. The van der Waals surface area contributed by atoms with Gasteiger partial charge < -0.3 is 10.0 Å². The lowest BCUT2D eigenvalue weighted by Crippen LogP contribution is -2.30. The smallest absolute Gasteiger partial charge is 0.423 e. The number of hydrogen-bond donors (Lipinski definition) is 2. The minimum Gasteiger partial charge on any atom is -0.423 e. The normalized spacial score (nSPS) is 11.3. The first-order valence-corrected chi connectivity index (χ1v) is 36.7. The molecule has 0 aliphatic carbocycles. The summed E-state index contributed by atoms with van der Waals surface area (Å²) in [6, 6.07) is 122. The van der Waals surface area contributed by atoms with Crippen LogP contribution in [0.2, 0.25) is 0 Å². The second-order valence-corrected chi connectivity index (χ2v) is 27.7. The van der Waals surface area contributed by atoms with Crippen molar-refractivity contribution in [2.24, 2.45) is 0 Å². The molecule has 0 spiro atoms. The van der Waals surface area contributed by atoms with Crippen molar-refractivity contribution in [3.8, 4) is 101 Å². The van der Waals surface area contributed by atoms with Gasteiger partial charge in [0.1, 0.15) is 0 Å². The Bertz CT molecular complexity index is 6740. The van der Waals surface area contributed by atoms with Gasteiger partial charge in [-0.2, -0.15) is 0 Å². The topological polar surface area (TPSA) is 118 Å². The molecule has 0 bridgehead atoms. The largest absolute Gasteiger partial charge is 0.489 e. The molecule has 0 aliphatic heterocycles. The quantitative estimate of drug-likeness (QED) is 0.103. The van der Waals surface area contributed by atoms with Crippen molar-refractivity contribution >= 4 is 115 Å². The van der Waals surface area contributed by atoms with Crippen molar-refractivity contribution in [2.45, 2.75) is 0 Å². The highest BCUT2D eigenvalue weighted by Gasteiger charge is 2.22. The fraction of sp³-hybridized carbons (Fsp3) is 0. The van der Waals surface area contributed by atoms with E-state index in [4.69, 9.17) is 19.9 Å². The van der Waals surface area contributed by atoms with Crippen LogP contribution < -0.4 is 5.46 Å². The lowest BCUT2D eigenvalue weighted by Gasteiger charge is -2.16. The summed E-state index contributed by atoms with van der Waals surface area (Å²) in [4.78, 5) is 28.4. The van der Waals surface area contributed by atoms with Crippen LogP contribution in [-0.4, -0.2) is 47.1 Å². The first kappa shape index (κ1) is 66.5. The number of hydrogen-bond acceptors (Lipinski definition) is 8. The van der Waals surface area contributed by atoms with Gasteiger partial charge in [-0.25, -0.2) is 19.9 Å². The molecule has 0 saturated heterocycles. The first-order chi connectivity index (χ1) is 53.3. The third-order valence-electron chi connectivity index (χ3n) is 20.3. The molecule has 0 amide bonds. The highest BCUT2D eigenvalue weighted by molar-refractivity contribution is 9.10. The van der Waals surface area contributed by atoms with Gasteiger partial charge in [0.2, 0.25) is 0 Å². The maximum absolute atomic E-state index is 9.92. The zero-order chi connectivity index (χ0) is 72.4. The van der Waals surface area contributed by atoms with E-state index in [2.05, 4.69) is 269 Å². The molecule has 0 fully saturated rings. The molecule has 108 heavy (non-hydrogen) atoms. The highest BCUT2D eigenvalue weighted by Crippen LogP contribution is 2.44. The fourth-order valence-electron chi connectivity index (χ4n) is 15.1. The monoisotopic (exact) mass is 1450 g/mol. The Labute approximate surface area is 632 Å². The van der Waals surface area contributed by atoms with Gasteiger partial charge in [0.15, 0.2) is 11.6 Å². The molecular weight excluding hydrogens is 1380 g/mol. The number of rotatable bonds is 10. The average molecular weight is 1450 g/mol. The van der Waals surface area contributed by atoms with Crippen molar-refractivity contribution in [1.82, 2.24) is 29.9 Å². The average Bonchev–Trinajstić information content (AvgIpc) is 0.727. The van der Waals surface area contributed by atoms with Crippen molar-refractivity contribution in [3.63, 3.8) is 0 Å². The summed E-state index contributed by atoms with van der Waals surface area (Å²) in [5, 5.41) is 38.9. The molecule has 20 aromatic rings. The van der Waals surface area contributed by atoms with Crippen LogP contribution in [0.15, 0.2) is 381 Å². The van der Waals surface area contributed by atoms with Gasteiger partial charge in [-0.05, 0) is 167 Å². The maximum Gasteiger partial charge on any atom is 0.489 e. The van der Waals surface area contributed by atoms with Crippen LogP contribution in [-0.2, 0) is 0 Å². The fourth-order valence-corrected chi connectivity index (χ4v) is 15.4. The number of fused-ring (bicyclic) bond motifs is 16. The minimum absolute atomic E-state index is 0.545. The van der Waals surface area contributed by atoms with Gasteiger partial charge in [-0.1, -0.05) is 325 Å². The van der Waals surface area contributed by atoms with Crippen LogP contribution in [0, 0.1) is 0 Å². The van der Waals surface area contributed by atoms with Gasteiger partial charge in [0.05, 0.1) is 22.8 Å². The van der Waals surface area contributed by atoms with Crippen LogP contribution in [0.5, 0.6) is 0 Å². The van der Waals surface area contributed by atoms with E-state index in [0.29, 0.717) is 17.1 Å². The second kappa shape index (κ2) is 29.2. The van der Waals surface area contributed by atoms with E-state index in [0.717, 1.165) is 110 Å². The van der Waals surface area contributed by atoms with Crippen LogP contribution in [0.3, 0.4) is 0 Å². The van der Waals surface area contributed by atoms with Gasteiger partial charge in [-0.15, -0.1) is 0 Å². The molecule has 0 radical (unpaired) electrons. The standard InChI is InChI=1S/C49H31N3.C27H18BrN3.C22H15BO2/c1-2-11-36(12-3-1)49-51-46(34-24-20-32(21-25-34)37-13-10-28-50-31-37)30-47(52-49)35-26-22-33(23-27-35)44-29-45-40-16-5-4-14-38(40)39-15-6-8-18-42(39)48(45)43-19-9-7-17-41(43)44;28-24-14-12-21(13-15-24)26-17-25(30-27(31-26)22-5-2-1-3-6-22)20-10-8-19(9-11-20)23-7-4-16-29-18-23;24-23(25)21-13-20-16-9-2-1-7-14(16)15-8-3-5-11-18(15)22(20)19-12-6-4-10-17(19)21/h1-31H;1-18H;1-13,24-25H. The number of aromatic nitrogens is 6. The Balaban J connectivity index is 0.000000125. The molecule has 0 unspecified atom stereocenters. The predicted molar refractivity (Wildman–Crippen MR) is 453 cm³/mol. The Morgan fingerprint density at radius 1 is 0.222 bits per heavy atom. The lowest BCUT2D eigenvalue weighted by atomic mass is 9.75. The van der Waals surface area contributed by atoms with Gasteiger partial charge in [0.25, 0.3) is 0 Å². The highest BCUT2D eigenvalue weighted by atomic mass is 79.9. The van der Waals surface area contributed by atoms with E-state index < -0.39 is 7.12 Å². The third kappa shape index (κ3) is 13.0. The van der Waals surface area contributed by atoms with Crippen LogP contribution in [0.1, 0.15) is 0 Å². The van der Waals surface area contributed by atoms with Gasteiger partial charge in [-0.3, -0.25) is 9.97 Å². The zero-order valence-electron chi connectivity index (χ0n) is 58.3.